The van der Waals surface area contributed by atoms with Crippen molar-refractivity contribution in [2.45, 2.75) is 19.0 Å². The molecule has 3 aromatic rings. The van der Waals surface area contributed by atoms with Gasteiger partial charge in [-0.1, -0.05) is 23.7 Å². The molecule has 0 aliphatic carbocycles. The average Bonchev–Trinajstić information content (AvgIpc) is 3.35. The fraction of sp³-hybridized carbons (Fsp3) is 0.318. The quantitative estimate of drug-likeness (QED) is 0.647. The standard InChI is InChI=1S/C22H24ClN5O/c1-26-12-9-19(13-26)27(2)20(29)14-28-15-25-21(16-3-5-18(23)6-4-16)22(28)17-7-10-24-11-8-17/h3-8,10-11,15,19H,9,12-14H2,1-2H3. The molecule has 1 aromatic carbocycles. The third kappa shape index (κ3) is 4.18. The molecular weight excluding hydrogens is 386 g/mol. The van der Waals surface area contributed by atoms with Crippen LogP contribution in [0.4, 0.5) is 0 Å². The molecule has 150 valence electrons. The molecule has 6 nitrogen and oxygen atoms in total. The number of nitrogens with zero attached hydrogens (tertiary/aromatic N) is 5. The summed E-state index contributed by atoms with van der Waals surface area (Å²) in [4.78, 5) is 25.9. The second-order valence-corrected chi connectivity index (χ2v) is 7.96. The number of halogens is 1. The van der Waals surface area contributed by atoms with Gasteiger partial charge in [0.05, 0.1) is 17.7 Å². The van der Waals surface area contributed by atoms with E-state index in [4.69, 9.17) is 11.6 Å². The summed E-state index contributed by atoms with van der Waals surface area (Å²) in [5.41, 5.74) is 3.65. The Morgan fingerprint density at radius 1 is 1.17 bits per heavy atom. The highest BCUT2D eigenvalue weighted by Gasteiger charge is 2.27. The number of hydrogen-bond donors (Lipinski definition) is 0. The molecule has 0 N–H and O–H groups in total. The third-order valence-corrected chi connectivity index (χ3v) is 5.77. The normalized spacial score (nSPS) is 16.9. The minimum absolute atomic E-state index is 0.0839. The van der Waals surface area contributed by atoms with E-state index in [1.165, 1.54) is 0 Å². The van der Waals surface area contributed by atoms with Crippen LogP contribution in [0.2, 0.25) is 5.02 Å². The van der Waals surface area contributed by atoms with Crippen LogP contribution < -0.4 is 0 Å². The average molecular weight is 410 g/mol. The molecule has 1 fully saturated rings. The maximum absolute atomic E-state index is 13.0. The van der Waals surface area contributed by atoms with Crippen molar-refractivity contribution in [1.29, 1.82) is 0 Å². The Balaban J connectivity index is 1.66. The number of carbonyl (C=O) groups excluding carboxylic acids is 1. The fourth-order valence-electron chi connectivity index (χ4n) is 3.82. The van der Waals surface area contributed by atoms with E-state index < -0.39 is 0 Å². The van der Waals surface area contributed by atoms with Crippen LogP contribution in [0.15, 0.2) is 55.1 Å². The Bertz CT molecular complexity index is 986. The van der Waals surface area contributed by atoms with E-state index >= 15 is 0 Å². The predicted molar refractivity (Wildman–Crippen MR) is 115 cm³/mol. The number of carbonyl (C=O) groups is 1. The maximum atomic E-state index is 13.0. The van der Waals surface area contributed by atoms with Crippen molar-refractivity contribution in [2.75, 3.05) is 27.2 Å². The molecule has 2 aromatic heterocycles. The molecule has 0 radical (unpaired) electrons. The van der Waals surface area contributed by atoms with Crippen LogP contribution >= 0.6 is 11.6 Å². The second kappa shape index (κ2) is 8.35. The number of likely N-dealkylation sites (N-methyl/N-ethyl adjacent to an activating group) is 2. The van der Waals surface area contributed by atoms with Gasteiger partial charge in [-0.05, 0) is 44.3 Å². The highest BCUT2D eigenvalue weighted by atomic mass is 35.5. The first kappa shape index (κ1) is 19.6. The lowest BCUT2D eigenvalue weighted by atomic mass is 10.1. The first-order chi connectivity index (χ1) is 14.0. The third-order valence-electron chi connectivity index (χ3n) is 5.52. The van der Waals surface area contributed by atoms with Crippen LogP contribution in [-0.2, 0) is 11.3 Å². The minimum atomic E-state index is 0.0839. The Morgan fingerprint density at radius 2 is 1.90 bits per heavy atom. The van der Waals surface area contributed by atoms with E-state index in [2.05, 4.69) is 21.9 Å². The van der Waals surface area contributed by atoms with Crippen LogP contribution in [0, 0.1) is 0 Å². The molecule has 1 saturated heterocycles. The van der Waals surface area contributed by atoms with Crippen molar-refractivity contribution in [3.63, 3.8) is 0 Å². The monoisotopic (exact) mass is 409 g/mol. The van der Waals surface area contributed by atoms with Gasteiger partial charge in [0, 0.05) is 48.2 Å². The number of likely N-dealkylation sites (tertiary alicyclic amines) is 1. The number of amides is 1. The summed E-state index contributed by atoms with van der Waals surface area (Å²) < 4.78 is 1.93. The highest BCUT2D eigenvalue weighted by molar-refractivity contribution is 6.30. The molecule has 1 amide bonds. The molecule has 1 atom stereocenters. The van der Waals surface area contributed by atoms with E-state index in [0.717, 1.165) is 42.0 Å². The Kier molecular flexibility index (Phi) is 5.65. The van der Waals surface area contributed by atoms with Crippen molar-refractivity contribution in [3.8, 4) is 22.5 Å². The van der Waals surface area contributed by atoms with Crippen LogP contribution in [0.5, 0.6) is 0 Å². The first-order valence-electron chi connectivity index (χ1n) is 9.68. The molecule has 1 aliphatic rings. The summed E-state index contributed by atoms with van der Waals surface area (Å²) in [5, 5.41) is 0.678. The van der Waals surface area contributed by atoms with E-state index in [1.807, 2.05) is 52.9 Å². The minimum Gasteiger partial charge on any atom is -0.340 e. The van der Waals surface area contributed by atoms with Gasteiger partial charge in [0.15, 0.2) is 0 Å². The smallest absolute Gasteiger partial charge is 0.242 e. The Morgan fingerprint density at radius 3 is 2.55 bits per heavy atom. The topological polar surface area (TPSA) is 54.3 Å². The van der Waals surface area contributed by atoms with E-state index in [-0.39, 0.29) is 18.5 Å². The second-order valence-electron chi connectivity index (χ2n) is 7.52. The SMILES string of the molecule is CN1CCC(N(C)C(=O)Cn2cnc(-c3ccc(Cl)cc3)c2-c2ccncc2)C1. The molecule has 7 heteroatoms. The van der Waals surface area contributed by atoms with Gasteiger partial charge in [-0.3, -0.25) is 9.78 Å². The van der Waals surface area contributed by atoms with Crippen LogP contribution in [0.25, 0.3) is 22.5 Å². The van der Waals surface area contributed by atoms with Crippen molar-refractivity contribution in [2.24, 2.45) is 0 Å². The number of imidazole rings is 1. The van der Waals surface area contributed by atoms with Gasteiger partial charge >= 0.3 is 0 Å². The molecule has 0 saturated carbocycles. The van der Waals surface area contributed by atoms with Gasteiger partial charge in [0.25, 0.3) is 0 Å². The van der Waals surface area contributed by atoms with Crippen LogP contribution in [-0.4, -0.2) is 63.5 Å². The van der Waals surface area contributed by atoms with Gasteiger partial charge < -0.3 is 14.4 Å². The zero-order chi connectivity index (χ0) is 20.4. The highest BCUT2D eigenvalue weighted by Crippen LogP contribution is 2.31. The van der Waals surface area contributed by atoms with Crippen molar-refractivity contribution < 1.29 is 4.79 Å². The Labute approximate surface area is 175 Å². The van der Waals surface area contributed by atoms with Crippen molar-refractivity contribution in [1.82, 2.24) is 24.3 Å². The van der Waals surface area contributed by atoms with Gasteiger partial charge in [-0.25, -0.2) is 4.98 Å². The van der Waals surface area contributed by atoms with E-state index in [9.17, 15) is 4.79 Å². The largest absolute Gasteiger partial charge is 0.340 e. The molecular formula is C22H24ClN5O. The zero-order valence-corrected chi connectivity index (χ0v) is 17.4. The lowest BCUT2D eigenvalue weighted by molar-refractivity contribution is -0.132. The lowest BCUT2D eigenvalue weighted by Gasteiger charge is -2.25. The number of benzene rings is 1. The van der Waals surface area contributed by atoms with Gasteiger partial charge in [0.2, 0.25) is 5.91 Å². The maximum Gasteiger partial charge on any atom is 0.242 e. The molecule has 4 rings (SSSR count). The molecule has 0 spiro atoms. The summed E-state index contributed by atoms with van der Waals surface area (Å²) in [6.45, 7) is 2.19. The van der Waals surface area contributed by atoms with Gasteiger partial charge in [-0.2, -0.15) is 0 Å². The summed E-state index contributed by atoms with van der Waals surface area (Å²) in [7, 11) is 3.99. The number of rotatable bonds is 5. The van der Waals surface area contributed by atoms with E-state index in [1.54, 1.807) is 18.7 Å². The molecule has 3 heterocycles. The fourth-order valence-corrected chi connectivity index (χ4v) is 3.95. The summed E-state index contributed by atoms with van der Waals surface area (Å²) in [6, 6.07) is 11.7. The zero-order valence-electron chi connectivity index (χ0n) is 16.6. The number of hydrogen-bond acceptors (Lipinski definition) is 4. The number of pyridine rings is 1. The van der Waals surface area contributed by atoms with Crippen LogP contribution in [0.3, 0.4) is 0 Å². The molecule has 29 heavy (non-hydrogen) atoms. The van der Waals surface area contributed by atoms with Crippen molar-refractivity contribution >= 4 is 17.5 Å². The molecule has 1 unspecified atom stereocenters. The summed E-state index contributed by atoms with van der Waals surface area (Å²) in [6.07, 6.45) is 6.25. The summed E-state index contributed by atoms with van der Waals surface area (Å²) >= 11 is 6.05. The Hall–Kier alpha value is -2.70. The first-order valence-corrected chi connectivity index (χ1v) is 10.1. The predicted octanol–water partition coefficient (Wildman–Crippen LogP) is 3.43. The summed E-state index contributed by atoms with van der Waals surface area (Å²) in [5.74, 6) is 0.0839. The van der Waals surface area contributed by atoms with Crippen LogP contribution in [0.1, 0.15) is 6.42 Å². The van der Waals surface area contributed by atoms with E-state index in [0.29, 0.717) is 5.02 Å². The molecule has 1 aliphatic heterocycles. The lowest BCUT2D eigenvalue weighted by Crippen LogP contribution is -2.40. The number of aromatic nitrogens is 3. The van der Waals surface area contributed by atoms with Crippen molar-refractivity contribution in [3.05, 3.63) is 60.1 Å². The van der Waals surface area contributed by atoms with Gasteiger partial charge in [0.1, 0.15) is 6.54 Å². The molecule has 0 bridgehead atoms. The van der Waals surface area contributed by atoms with Gasteiger partial charge in [-0.15, -0.1) is 0 Å².